The summed E-state index contributed by atoms with van der Waals surface area (Å²) in [7, 11) is 0. The number of ketones is 1. The number of thioether (sulfide) groups is 1. The van der Waals surface area contributed by atoms with Gasteiger partial charge in [0.15, 0.2) is 0 Å². The molecule has 1 aromatic heterocycles. The Hall–Kier alpha value is -0.880. The van der Waals surface area contributed by atoms with Crippen molar-refractivity contribution in [3.8, 4) is 0 Å². The Morgan fingerprint density at radius 1 is 1.56 bits per heavy atom. The molecule has 2 heterocycles. The third-order valence-electron chi connectivity index (χ3n) is 2.57. The van der Waals surface area contributed by atoms with Gasteiger partial charge >= 0.3 is 0 Å². The molecule has 1 atom stereocenters. The van der Waals surface area contributed by atoms with Crippen molar-refractivity contribution in [2.45, 2.75) is 32.8 Å². The van der Waals surface area contributed by atoms with Crippen LogP contribution in [0.4, 0.5) is 0 Å². The summed E-state index contributed by atoms with van der Waals surface area (Å²) >= 11 is 1.82. The molecular formula is C12H18N2O3S. The van der Waals surface area contributed by atoms with Gasteiger partial charge in [-0.25, -0.2) is 0 Å². The van der Waals surface area contributed by atoms with E-state index in [1.54, 1.807) is 0 Å². The first kappa shape index (κ1) is 13.5. The number of ether oxygens (including phenoxy) is 1. The van der Waals surface area contributed by atoms with Crippen LogP contribution in [0.1, 0.15) is 38.1 Å². The summed E-state index contributed by atoms with van der Waals surface area (Å²) in [4.78, 5) is 15.9. The highest BCUT2D eigenvalue weighted by Gasteiger charge is 2.22. The van der Waals surface area contributed by atoms with Gasteiger partial charge in [0.1, 0.15) is 11.9 Å². The third kappa shape index (κ3) is 3.81. The zero-order valence-electron chi connectivity index (χ0n) is 10.7. The maximum Gasteiger partial charge on any atom is 0.234 e. The van der Waals surface area contributed by atoms with Crippen LogP contribution in [-0.4, -0.2) is 34.0 Å². The van der Waals surface area contributed by atoms with Gasteiger partial charge in [0.05, 0.1) is 13.0 Å². The third-order valence-corrected chi connectivity index (χ3v) is 3.57. The Morgan fingerprint density at radius 3 is 3.06 bits per heavy atom. The minimum atomic E-state index is -0.0959. The maximum absolute atomic E-state index is 11.6. The van der Waals surface area contributed by atoms with Crippen LogP contribution in [0.15, 0.2) is 4.52 Å². The van der Waals surface area contributed by atoms with E-state index in [1.165, 1.54) is 0 Å². The van der Waals surface area contributed by atoms with E-state index < -0.39 is 0 Å². The lowest BCUT2D eigenvalue weighted by atomic mass is 10.1. The molecule has 0 saturated carbocycles. The van der Waals surface area contributed by atoms with E-state index >= 15 is 0 Å². The van der Waals surface area contributed by atoms with Gasteiger partial charge in [-0.15, -0.1) is 0 Å². The van der Waals surface area contributed by atoms with Crippen LogP contribution >= 0.6 is 11.8 Å². The molecule has 1 aliphatic heterocycles. The van der Waals surface area contributed by atoms with E-state index in [9.17, 15) is 4.79 Å². The predicted octanol–water partition coefficient (Wildman–Crippen LogP) is 2.03. The average Bonchev–Trinajstić information content (AvgIpc) is 2.77. The Balaban J connectivity index is 1.91. The van der Waals surface area contributed by atoms with Crippen LogP contribution in [0.2, 0.25) is 0 Å². The van der Waals surface area contributed by atoms with Crippen molar-refractivity contribution in [2.24, 2.45) is 5.92 Å². The molecule has 1 saturated heterocycles. The van der Waals surface area contributed by atoms with E-state index in [0.717, 1.165) is 11.5 Å². The number of hydrogen-bond donors (Lipinski definition) is 0. The van der Waals surface area contributed by atoms with Crippen LogP contribution in [-0.2, 0) is 16.0 Å². The lowest BCUT2D eigenvalue weighted by molar-refractivity contribution is -0.119. The van der Waals surface area contributed by atoms with Gasteiger partial charge in [-0.3, -0.25) is 4.79 Å². The molecule has 1 aromatic rings. The fourth-order valence-electron chi connectivity index (χ4n) is 1.80. The summed E-state index contributed by atoms with van der Waals surface area (Å²) < 4.78 is 10.7. The van der Waals surface area contributed by atoms with E-state index in [-0.39, 0.29) is 18.3 Å². The quantitative estimate of drug-likeness (QED) is 0.815. The predicted molar refractivity (Wildman–Crippen MR) is 68.5 cm³/mol. The second-order valence-corrected chi connectivity index (χ2v) is 5.94. The van der Waals surface area contributed by atoms with Crippen LogP contribution in [0.5, 0.6) is 0 Å². The minimum Gasteiger partial charge on any atom is -0.368 e. The molecule has 1 unspecified atom stereocenters. The summed E-state index contributed by atoms with van der Waals surface area (Å²) in [5.74, 6) is 3.31. The number of carbonyl (C=O) groups is 1. The first-order valence-corrected chi connectivity index (χ1v) is 7.34. The molecule has 0 amide bonds. The second-order valence-electron chi connectivity index (χ2n) is 4.79. The van der Waals surface area contributed by atoms with E-state index in [1.807, 2.05) is 25.6 Å². The van der Waals surface area contributed by atoms with Crippen LogP contribution < -0.4 is 0 Å². The molecule has 1 aliphatic rings. The van der Waals surface area contributed by atoms with Crippen molar-refractivity contribution >= 4 is 17.5 Å². The number of hydrogen-bond acceptors (Lipinski definition) is 6. The Bertz CT molecular complexity index is 400. The molecule has 0 radical (unpaired) electrons. The van der Waals surface area contributed by atoms with Gasteiger partial charge in [-0.2, -0.15) is 16.7 Å². The molecule has 0 N–H and O–H groups in total. The summed E-state index contributed by atoms with van der Waals surface area (Å²) in [6.07, 6.45) is 0.680. The summed E-state index contributed by atoms with van der Waals surface area (Å²) in [6, 6.07) is 0. The summed E-state index contributed by atoms with van der Waals surface area (Å²) in [5.41, 5.74) is 0. The fraction of sp³-hybridized carbons (Fsp3) is 0.750. The molecule has 6 heteroatoms. The highest BCUT2D eigenvalue weighted by atomic mass is 32.2. The molecule has 5 nitrogen and oxygen atoms in total. The van der Waals surface area contributed by atoms with Gasteiger partial charge < -0.3 is 9.26 Å². The number of carbonyl (C=O) groups excluding carboxylic acids is 1. The van der Waals surface area contributed by atoms with Crippen LogP contribution in [0.3, 0.4) is 0 Å². The maximum atomic E-state index is 11.6. The largest absolute Gasteiger partial charge is 0.368 e. The van der Waals surface area contributed by atoms with Crippen molar-refractivity contribution in [2.75, 3.05) is 18.1 Å². The van der Waals surface area contributed by atoms with Gasteiger partial charge in [0.25, 0.3) is 0 Å². The van der Waals surface area contributed by atoms with Gasteiger partial charge in [-0.05, 0) is 5.92 Å². The van der Waals surface area contributed by atoms with Crippen molar-refractivity contribution < 1.29 is 14.1 Å². The zero-order chi connectivity index (χ0) is 13.0. The smallest absolute Gasteiger partial charge is 0.234 e. The monoisotopic (exact) mass is 270 g/mol. The van der Waals surface area contributed by atoms with Gasteiger partial charge in [-0.1, -0.05) is 19.0 Å². The van der Waals surface area contributed by atoms with Gasteiger partial charge in [0.2, 0.25) is 11.7 Å². The van der Waals surface area contributed by atoms with E-state index in [4.69, 9.17) is 9.26 Å². The van der Waals surface area contributed by atoms with Crippen molar-refractivity contribution in [3.05, 3.63) is 11.7 Å². The Kier molecular flexibility index (Phi) is 4.77. The highest BCUT2D eigenvalue weighted by Crippen LogP contribution is 2.24. The zero-order valence-corrected chi connectivity index (χ0v) is 11.5. The molecule has 0 bridgehead atoms. The molecule has 0 aliphatic carbocycles. The standard InChI is InChI=1S/C12H18N2O3S/c1-8(2)5-9(15)6-11-13-12(14-17-11)10-7-18-4-3-16-10/h8,10H,3-7H2,1-2H3. The summed E-state index contributed by atoms with van der Waals surface area (Å²) in [6.45, 7) is 4.75. The molecule has 1 fully saturated rings. The molecule has 100 valence electrons. The lowest BCUT2D eigenvalue weighted by Gasteiger charge is -2.18. The number of nitrogens with zero attached hydrogens (tertiary/aromatic N) is 2. The van der Waals surface area contributed by atoms with Crippen molar-refractivity contribution in [1.82, 2.24) is 10.1 Å². The first-order valence-electron chi connectivity index (χ1n) is 6.18. The van der Waals surface area contributed by atoms with E-state index in [2.05, 4.69) is 10.1 Å². The van der Waals surface area contributed by atoms with Crippen LogP contribution in [0, 0.1) is 5.92 Å². The molecule has 0 spiro atoms. The first-order chi connectivity index (χ1) is 8.65. The second kappa shape index (κ2) is 6.33. The number of rotatable bonds is 5. The summed E-state index contributed by atoms with van der Waals surface area (Å²) in [5, 5.41) is 3.90. The normalized spacial score (nSPS) is 20.3. The lowest BCUT2D eigenvalue weighted by Crippen LogP contribution is -2.17. The molecule has 18 heavy (non-hydrogen) atoms. The Labute approximate surface area is 111 Å². The number of aromatic nitrogens is 2. The molecular weight excluding hydrogens is 252 g/mol. The van der Waals surface area contributed by atoms with Crippen LogP contribution in [0.25, 0.3) is 0 Å². The Morgan fingerprint density at radius 2 is 2.39 bits per heavy atom. The topological polar surface area (TPSA) is 65.2 Å². The molecule has 0 aromatic carbocycles. The highest BCUT2D eigenvalue weighted by molar-refractivity contribution is 7.99. The van der Waals surface area contributed by atoms with E-state index in [0.29, 0.717) is 30.7 Å². The van der Waals surface area contributed by atoms with Crippen molar-refractivity contribution in [3.63, 3.8) is 0 Å². The average molecular weight is 270 g/mol. The van der Waals surface area contributed by atoms with Crippen molar-refractivity contribution in [1.29, 1.82) is 0 Å². The SMILES string of the molecule is CC(C)CC(=O)Cc1nc(C2CSCCO2)no1. The number of Topliss-reactive ketones (excluding diaryl/α,β-unsaturated/α-hetero) is 1. The fourth-order valence-corrected chi connectivity index (χ4v) is 2.64. The molecule has 2 rings (SSSR count). The van der Waals surface area contributed by atoms with Gasteiger partial charge in [0, 0.05) is 17.9 Å². The minimum absolute atomic E-state index is 0.0959.